The van der Waals surface area contributed by atoms with Crippen LogP contribution >= 0.6 is 23.5 Å². The van der Waals surface area contributed by atoms with Gasteiger partial charge in [-0.05, 0) is 30.7 Å². The fraction of sp³-hybridized carbons (Fsp3) is 0.105. The van der Waals surface area contributed by atoms with E-state index >= 15 is 0 Å². The van der Waals surface area contributed by atoms with Crippen molar-refractivity contribution in [3.05, 3.63) is 72.1 Å². The zero-order valence-electron chi connectivity index (χ0n) is 14.3. The number of anilines is 1. The maximum absolute atomic E-state index is 13.6. The smallest absolute Gasteiger partial charge is 0.234 e. The van der Waals surface area contributed by atoms with Gasteiger partial charge in [-0.15, -0.1) is 0 Å². The number of hydrogen-bond donors (Lipinski definition) is 1. The van der Waals surface area contributed by atoms with Crippen LogP contribution < -0.4 is 5.32 Å². The van der Waals surface area contributed by atoms with Crippen LogP contribution in [0.3, 0.4) is 0 Å². The summed E-state index contributed by atoms with van der Waals surface area (Å²) in [4.78, 5) is 21.8. The van der Waals surface area contributed by atoms with Crippen molar-refractivity contribution in [1.82, 2.24) is 9.97 Å². The van der Waals surface area contributed by atoms with Crippen LogP contribution in [0, 0.1) is 18.6 Å². The third-order valence-corrected chi connectivity index (χ3v) is 5.76. The number of halogens is 2. The maximum Gasteiger partial charge on any atom is 0.234 e. The molecular formula is C19H15F2N3OS2. The summed E-state index contributed by atoms with van der Waals surface area (Å²) in [6, 6.07) is 10.9. The quantitative estimate of drug-likeness (QED) is 0.591. The van der Waals surface area contributed by atoms with Crippen molar-refractivity contribution in [2.75, 3.05) is 11.1 Å². The highest BCUT2D eigenvalue weighted by atomic mass is 32.2. The number of amides is 1. The number of rotatable bonds is 6. The Hall–Kier alpha value is -2.45. The third kappa shape index (κ3) is 5.27. The number of nitrogens with one attached hydrogen (secondary N) is 1. The lowest BCUT2D eigenvalue weighted by Crippen LogP contribution is -2.15. The lowest BCUT2D eigenvalue weighted by atomic mass is 10.2. The van der Waals surface area contributed by atoms with Crippen molar-refractivity contribution < 1.29 is 13.6 Å². The van der Waals surface area contributed by atoms with E-state index in [1.54, 1.807) is 12.4 Å². The molecule has 0 aliphatic carbocycles. The van der Waals surface area contributed by atoms with Crippen LogP contribution in [-0.2, 0) is 4.79 Å². The molecule has 0 atom stereocenters. The molecule has 0 saturated heterocycles. The molecule has 2 aromatic carbocycles. The van der Waals surface area contributed by atoms with Gasteiger partial charge in [0.25, 0.3) is 0 Å². The summed E-state index contributed by atoms with van der Waals surface area (Å²) in [6.45, 7) is 2.01. The van der Waals surface area contributed by atoms with Gasteiger partial charge in [0, 0.05) is 23.4 Å². The van der Waals surface area contributed by atoms with E-state index in [4.69, 9.17) is 0 Å². The summed E-state index contributed by atoms with van der Waals surface area (Å²) >= 11 is 2.68. The molecule has 3 rings (SSSR count). The van der Waals surface area contributed by atoms with Crippen molar-refractivity contribution in [2.45, 2.75) is 21.9 Å². The maximum atomic E-state index is 13.6. The van der Waals surface area contributed by atoms with Gasteiger partial charge in [0.1, 0.15) is 21.7 Å². The highest BCUT2D eigenvalue weighted by Gasteiger charge is 2.13. The van der Waals surface area contributed by atoms with E-state index in [-0.39, 0.29) is 11.4 Å². The fourth-order valence-corrected chi connectivity index (χ4v) is 3.96. The van der Waals surface area contributed by atoms with Crippen molar-refractivity contribution in [3.8, 4) is 0 Å². The highest BCUT2D eigenvalue weighted by molar-refractivity contribution is 8.02. The first-order valence-corrected chi connectivity index (χ1v) is 9.75. The van der Waals surface area contributed by atoms with Crippen LogP contribution in [0.2, 0.25) is 0 Å². The molecule has 1 amide bonds. The van der Waals surface area contributed by atoms with Crippen LogP contribution in [0.4, 0.5) is 14.5 Å². The number of carbonyl (C=O) groups is 1. The first-order valence-electron chi connectivity index (χ1n) is 7.95. The first kappa shape index (κ1) is 19.3. The normalized spacial score (nSPS) is 10.6. The lowest BCUT2D eigenvalue weighted by molar-refractivity contribution is -0.113. The van der Waals surface area contributed by atoms with Crippen molar-refractivity contribution in [2.24, 2.45) is 0 Å². The van der Waals surface area contributed by atoms with Crippen molar-refractivity contribution in [1.29, 1.82) is 0 Å². The van der Waals surface area contributed by atoms with Gasteiger partial charge in [-0.3, -0.25) is 4.79 Å². The van der Waals surface area contributed by atoms with Gasteiger partial charge < -0.3 is 5.32 Å². The van der Waals surface area contributed by atoms with Gasteiger partial charge in [0.05, 0.1) is 11.4 Å². The monoisotopic (exact) mass is 403 g/mol. The molecule has 1 N–H and O–H groups in total. The Kier molecular flexibility index (Phi) is 6.41. The van der Waals surface area contributed by atoms with Gasteiger partial charge in [-0.2, -0.15) is 0 Å². The molecule has 1 heterocycles. The molecule has 0 aliphatic heterocycles. The molecule has 0 radical (unpaired) electrons. The highest BCUT2D eigenvalue weighted by Crippen LogP contribution is 2.34. The van der Waals surface area contributed by atoms with Crippen LogP contribution in [0.1, 0.15) is 5.56 Å². The summed E-state index contributed by atoms with van der Waals surface area (Å²) < 4.78 is 26.6. The standard InChI is InChI=1S/C19H15F2N3OS2/c1-12-4-2-3-5-16(12)27-19-18(22-8-9-23-19)26-11-17(25)24-15-7-6-13(20)10-14(15)21/h2-10H,11H2,1H3,(H,24,25). The van der Waals surface area contributed by atoms with Crippen LogP contribution in [0.5, 0.6) is 0 Å². The summed E-state index contributed by atoms with van der Waals surface area (Å²) in [5.74, 6) is -1.90. The van der Waals surface area contributed by atoms with E-state index < -0.39 is 17.5 Å². The minimum atomic E-state index is -0.816. The largest absolute Gasteiger partial charge is 0.323 e. The summed E-state index contributed by atoms with van der Waals surface area (Å²) in [5, 5.41) is 3.73. The number of carbonyl (C=O) groups excluding carboxylic acids is 1. The van der Waals surface area contributed by atoms with Gasteiger partial charge in [-0.25, -0.2) is 18.7 Å². The lowest BCUT2D eigenvalue weighted by Gasteiger charge is -2.09. The SMILES string of the molecule is Cc1ccccc1Sc1nccnc1SCC(=O)Nc1ccc(F)cc1F. The molecule has 27 heavy (non-hydrogen) atoms. The fourth-order valence-electron chi connectivity index (χ4n) is 2.17. The van der Waals surface area contributed by atoms with E-state index in [9.17, 15) is 13.6 Å². The van der Waals surface area contributed by atoms with Gasteiger partial charge in [-0.1, -0.05) is 41.7 Å². The second kappa shape index (κ2) is 8.96. The zero-order valence-corrected chi connectivity index (χ0v) is 15.9. The van der Waals surface area contributed by atoms with E-state index in [2.05, 4.69) is 15.3 Å². The molecular weight excluding hydrogens is 388 g/mol. The molecule has 0 aliphatic rings. The molecule has 8 heteroatoms. The van der Waals surface area contributed by atoms with E-state index in [0.717, 1.165) is 22.6 Å². The summed E-state index contributed by atoms with van der Waals surface area (Å²) in [6.07, 6.45) is 3.15. The second-order valence-electron chi connectivity index (χ2n) is 5.50. The minimum absolute atomic E-state index is 0.0246. The predicted molar refractivity (Wildman–Crippen MR) is 103 cm³/mol. The Morgan fingerprint density at radius 2 is 1.81 bits per heavy atom. The molecule has 0 saturated carbocycles. The Labute approximate surface area is 163 Å². The average Bonchev–Trinajstić information content (AvgIpc) is 2.65. The minimum Gasteiger partial charge on any atom is -0.323 e. The van der Waals surface area contributed by atoms with E-state index in [1.165, 1.54) is 29.6 Å². The van der Waals surface area contributed by atoms with Crippen molar-refractivity contribution >= 4 is 35.1 Å². The van der Waals surface area contributed by atoms with Gasteiger partial charge in [0.15, 0.2) is 0 Å². The number of hydrogen-bond acceptors (Lipinski definition) is 5. The predicted octanol–water partition coefficient (Wildman–Crippen LogP) is 4.95. The van der Waals surface area contributed by atoms with Crippen molar-refractivity contribution in [3.63, 3.8) is 0 Å². The van der Waals surface area contributed by atoms with Gasteiger partial charge >= 0.3 is 0 Å². The second-order valence-corrected chi connectivity index (χ2v) is 7.49. The first-order chi connectivity index (χ1) is 13.0. The molecule has 138 valence electrons. The summed E-state index contributed by atoms with van der Waals surface area (Å²) in [5.41, 5.74) is 1.06. The summed E-state index contributed by atoms with van der Waals surface area (Å²) in [7, 11) is 0. The number of benzene rings is 2. The zero-order chi connectivity index (χ0) is 19.2. The van der Waals surface area contributed by atoms with Crippen LogP contribution in [0.15, 0.2) is 69.8 Å². The molecule has 0 unspecified atom stereocenters. The molecule has 1 aromatic heterocycles. The molecule has 0 spiro atoms. The van der Waals surface area contributed by atoms with E-state index in [0.29, 0.717) is 10.1 Å². The topological polar surface area (TPSA) is 54.9 Å². The third-order valence-electron chi connectivity index (χ3n) is 3.48. The Morgan fingerprint density at radius 1 is 1.07 bits per heavy atom. The molecule has 0 bridgehead atoms. The van der Waals surface area contributed by atoms with E-state index in [1.807, 2.05) is 31.2 Å². The number of aryl methyl sites for hydroxylation is 1. The number of aromatic nitrogens is 2. The molecule has 3 aromatic rings. The molecule has 0 fully saturated rings. The Balaban J connectivity index is 1.66. The Morgan fingerprint density at radius 3 is 2.56 bits per heavy atom. The number of thioether (sulfide) groups is 1. The van der Waals surface area contributed by atoms with Crippen LogP contribution in [0.25, 0.3) is 0 Å². The Bertz CT molecular complexity index is 969. The van der Waals surface area contributed by atoms with Gasteiger partial charge in [0.2, 0.25) is 5.91 Å². The molecule has 4 nitrogen and oxygen atoms in total. The number of nitrogens with zero attached hydrogens (tertiary/aromatic N) is 2. The van der Waals surface area contributed by atoms with Crippen LogP contribution in [-0.4, -0.2) is 21.6 Å². The average molecular weight is 403 g/mol.